The van der Waals surface area contributed by atoms with Crippen molar-refractivity contribution in [3.05, 3.63) is 24.0 Å². The molecule has 1 unspecified atom stereocenters. The largest absolute Gasteiger partial charge is 0.481 e. The van der Waals surface area contributed by atoms with E-state index >= 15 is 0 Å². The van der Waals surface area contributed by atoms with Crippen molar-refractivity contribution in [1.82, 2.24) is 9.88 Å². The van der Waals surface area contributed by atoms with Crippen LogP contribution in [0.15, 0.2) is 18.3 Å². The van der Waals surface area contributed by atoms with Crippen LogP contribution in [0.4, 0.5) is 10.5 Å². The summed E-state index contributed by atoms with van der Waals surface area (Å²) < 4.78 is 0. The van der Waals surface area contributed by atoms with Gasteiger partial charge in [-0.1, -0.05) is 13.3 Å². The monoisotopic (exact) mass is 291 g/mol. The van der Waals surface area contributed by atoms with Gasteiger partial charge in [-0.25, -0.2) is 4.79 Å². The van der Waals surface area contributed by atoms with Crippen molar-refractivity contribution >= 4 is 17.7 Å². The molecule has 0 saturated carbocycles. The quantitative estimate of drug-likeness (QED) is 0.892. The lowest BCUT2D eigenvalue weighted by molar-refractivity contribution is -0.136. The molecule has 0 spiro atoms. The maximum atomic E-state index is 12.2. The van der Waals surface area contributed by atoms with Crippen LogP contribution in [-0.4, -0.2) is 40.1 Å². The second-order valence-electron chi connectivity index (χ2n) is 5.40. The predicted octanol–water partition coefficient (Wildman–Crippen LogP) is 2.36. The fourth-order valence-electron chi connectivity index (χ4n) is 2.54. The van der Waals surface area contributed by atoms with E-state index < -0.39 is 5.97 Å². The van der Waals surface area contributed by atoms with Crippen molar-refractivity contribution in [2.45, 2.75) is 32.6 Å². The Morgan fingerprint density at radius 1 is 1.48 bits per heavy atom. The molecular formula is C15H21N3O3. The van der Waals surface area contributed by atoms with Crippen LogP contribution in [0.25, 0.3) is 0 Å². The maximum Gasteiger partial charge on any atom is 0.321 e. The molecule has 1 aromatic heterocycles. The Balaban J connectivity index is 1.91. The van der Waals surface area contributed by atoms with E-state index in [2.05, 4.69) is 17.2 Å². The zero-order chi connectivity index (χ0) is 15.2. The fraction of sp³-hybridized carbons (Fsp3) is 0.533. The zero-order valence-corrected chi connectivity index (χ0v) is 12.2. The first-order chi connectivity index (χ1) is 10.1. The van der Waals surface area contributed by atoms with Gasteiger partial charge in [0.15, 0.2) is 0 Å². The van der Waals surface area contributed by atoms with Crippen molar-refractivity contribution in [2.75, 3.05) is 18.4 Å². The molecule has 6 nitrogen and oxygen atoms in total. The number of carbonyl (C=O) groups excluding carboxylic acids is 1. The van der Waals surface area contributed by atoms with E-state index in [9.17, 15) is 9.59 Å². The minimum Gasteiger partial charge on any atom is -0.481 e. The van der Waals surface area contributed by atoms with Crippen LogP contribution in [0, 0.1) is 5.92 Å². The average Bonchev–Trinajstić information content (AvgIpc) is 2.49. The molecule has 1 aliphatic rings. The highest BCUT2D eigenvalue weighted by atomic mass is 16.4. The van der Waals surface area contributed by atoms with Gasteiger partial charge in [0.25, 0.3) is 0 Å². The van der Waals surface area contributed by atoms with E-state index in [1.54, 1.807) is 12.1 Å². The van der Waals surface area contributed by atoms with Gasteiger partial charge in [-0.2, -0.15) is 0 Å². The van der Waals surface area contributed by atoms with Crippen LogP contribution in [-0.2, 0) is 11.2 Å². The summed E-state index contributed by atoms with van der Waals surface area (Å²) in [6.07, 6.45) is 4.71. The third kappa shape index (κ3) is 4.44. The number of likely N-dealkylation sites (tertiary alicyclic amines) is 1. The summed E-state index contributed by atoms with van der Waals surface area (Å²) in [5, 5.41) is 11.5. The smallest absolute Gasteiger partial charge is 0.321 e. The van der Waals surface area contributed by atoms with Crippen LogP contribution in [0.2, 0.25) is 0 Å². The summed E-state index contributed by atoms with van der Waals surface area (Å²) in [4.78, 5) is 28.6. The molecule has 0 aromatic carbocycles. The first kappa shape index (κ1) is 15.3. The topological polar surface area (TPSA) is 82.5 Å². The third-order valence-corrected chi connectivity index (χ3v) is 3.79. The Kier molecular flexibility index (Phi) is 5.14. The van der Waals surface area contributed by atoms with E-state index in [0.717, 1.165) is 25.9 Å². The summed E-state index contributed by atoms with van der Waals surface area (Å²) in [5.74, 6) is -0.334. The minimum absolute atomic E-state index is 0.110. The molecule has 1 fully saturated rings. The molecule has 1 saturated heterocycles. The number of nitrogens with one attached hydrogen (secondary N) is 1. The Labute approximate surface area is 124 Å². The van der Waals surface area contributed by atoms with Gasteiger partial charge in [-0.3, -0.25) is 9.78 Å². The van der Waals surface area contributed by atoms with E-state index in [1.165, 1.54) is 12.6 Å². The highest BCUT2D eigenvalue weighted by Gasteiger charge is 2.22. The van der Waals surface area contributed by atoms with Crippen LogP contribution in [0.1, 0.15) is 31.9 Å². The number of pyridine rings is 1. The number of nitrogens with zero attached hydrogens (tertiary/aromatic N) is 2. The number of amides is 2. The number of urea groups is 1. The highest BCUT2D eigenvalue weighted by Crippen LogP contribution is 2.20. The fourth-order valence-corrected chi connectivity index (χ4v) is 2.54. The summed E-state index contributed by atoms with van der Waals surface area (Å²) in [7, 11) is 0. The van der Waals surface area contributed by atoms with Crippen LogP contribution >= 0.6 is 0 Å². The summed E-state index contributed by atoms with van der Waals surface area (Å²) in [6.45, 7) is 3.73. The number of hydrogen-bond donors (Lipinski definition) is 2. The van der Waals surface area contributed by atoms with Crippen molar-refractivity contribution in [3.63, 3.8) is 0 Å². The molecule has 21 heavy (non-hydrogen) atoms. The van der Waals surface area contributed by atoms with Crippen LogP contribution in [0.3, 0.4) is 0 Å². The van der Waals surface area contributed by atoms with Gasteiger partial charge in [0.2, 0.25) is 0 Å². The highest BCUT2D eigenvalue weighted by molar-refractivity contribution is 5.89. The second kappa shape index (κ2) is 7.06. The molecule has 2 rings (SSSR count). The van der Waals surface area contributed by atoms with E-state index in [0.29, 0.717) is 17.3 Å². The van der Waals surface area contributed by atoms with Gasteiger partial charge in [-0.15, -0.1) is 0 Å². The lowest BCUT2D eigenvalue weighted by atomic mass is 9.96. The molecule has 1 aromatic rings. The lowest BCUT2D eigenvalue weighted by Crippen LogP contribution is -2.42. The molecule has 2 heterocycles. The van der Waals surface area contributed by atoms with E-state index in [4.69, 9.17) is 5.11 Å². The number of carbonyl (C=O) groups is 2. The maximum absolute atomic E-state index is 12.2. The number of rotatable bonds is 4. The molecule has 6 heteroatoms. The number of aliphatic carboxylic acids is 1. The molecule has 0 radical (unpaired) electrons. The normalized spacial score (nSPS) is 18.3. The van der Waals surface area contributed by atoms with E-state index in [-0.39, 0.29) is 12.5 Å². The van der Waals surface area contributed by atoms with Crippen molar-refractivity contribution in [3.8, 4) is 0 Å². The first-order valence-electron chi connectivity index (χ1n) is 7.31. The Morgan fingerprint density at radius 2 is 2.29 bits per heavy atom. The van der Waals surface area contributed by atoms with Crippen molar-refractivity contribution in [2.24, 2.45) is 5.92 Å². The second-order valence-corrected chi connectivity index (χ2v) is 5.40. The standard InChI is InChI=1S/C15H21N3O3/c1-2-11-4-3-7-18(10-11)15(21)17-13-6-5-12(16-9-13)8-14(19)20/h5-6,9,11H,2-4,7-8,10H2,1H3,(H,17,21)(H,19,20). The molecule has 1 aliphatic heterocycles. The SMILES string of the molecule is CCC1CCCN(C(=O)Nc2ccc(CC(=O)O)nc2)C1. The molecule has 2 N–H and O–H groups in total. The number of hydrogen-bond acceptors (Lipinski definition) is 3. The van der Waals surface area contributed by atoms with Gasteiger partial charge in [0.05, 0.1) is 24.0 Å². The zero-order valence-electron chi connectivity index (χ0n) is 12.2. The van der Waals surface area contributed by atoms with E-state index in [1.807, 2.05) is 4.90 Å². The van der Waals surface area contributed by atoms with Crippen LogP contribution < -0.4 is 5.32 Å². The number of anilines is 1. The average molecular weight is 291 g/mol. The Morgan fingerprint density at radius 3 is 2.90 bits per heavy atom. The van der Waals surface area contributed by atoms with Crippen molar-refractivity contribution in [1.29, 1.82) is 0 Å². The minimum atomic E-state index is -0.918. The number of piperidine rings is 1. The summed E-state index contributed by atoms with van der Waals surface area (Å²) >= 11 is 0. The number of carboxylic acid groups (broad SMARTS) is 1. The van der Waals surface area contributed by atoms with Gasteiger partial charge >= 0.3 is 12.0 Å². The third-order valence-electron chi connectivity index (χ3n) is 3.79. The van der Waals surface area contributed by atoms with Crippen LogP contribution in [0.5, 0.6) is 0 Å². The molecule has 1 atom stereocenters. The van der Waals surface area contributed by atoms with Gasteiger partial charge in [0.1, 0.15) is 0 Å². The molecule has 0 bridgehead atoms. The molecule has 114 valence electrons. The predicted molar refractivity (Wildman–Crippen MR) is 79.2 cm³/mol. The van der Waals surface area contributed by atoms with Gasteiger partial charge in [-0.05, 0) is 30.9 Å². The first-order valence-corrected chi connectivity index (χ1v) is 7.31. The molecule has 2 amide bonds. The lowest BCUT2D eigenvalue weighted by Gasteiger charge is -2.32. The summed E-state index contributed by atoms with van der Waals surface area (Å²) in [6, 6.07) is 3.19. The molecular weight excluding hydrogens is 270 g/mol. The number of carboxylic acids is 1. The Bertz CT molecular complexity index is 501. The Hall–Kier alpha value is -2.11. The summed E-state index contributed by atoms with van der Waals surface area (Å²) in [5.41, 5.74) is 1.07. The van der Waals surface area contributed by atoms with Gasteiger partial charge < -0.3 is 15.3 Å². The van der Waals surface area contributed by atoms with Crippen molar-refractivity contribution < 1.29 is 14.7 Å². The number of aromatic nitrogens is 1. The molecule has 0 aliphatic carbocycles. The van der Waals surface area contributed by atoms with Gasteiger partial charge in [0, 0.05) is 13.1 Å².